The van der Waals surface area contributed by atoms with Crippen LogP contribution in [0.5, 0.6) is 0 Å². The van der Waals surface area contributed by atoms with Crippen molar-refractivity contribution in [1.29, 1.82) is 0 Å². The summed E-state index contributed by atoms with van der Waals surface area (Å²) in [5.74, 6) is -0.884. The highest BCUT2D eigenvalue weighted by Gasteiger charge is 2.31. The van der Waals surface area contributed by atoms with Gasteiger partial charge in [0.25, 0.3) is 5.91 Å². The Morgan fingerprint density at radius 2 is 2.05 bits per heavy atom. The monoisotopic (exact) mass is 307 g/mol. The van der Waals surface area contributed by atoms with Crippen LogP contribution in [-0.4, -0.2) is 45.4 Å². The van der Waals surface area contributed by atoms with Crippen molar-refractivity contribution in [3.05, 3.63) is 47.1 Å². The average Bonchev–Trinajstić information content (AvgIpc) is 2.85. The Kier molecular flexibility index (Phi) is 4.87. The molecule has 1 heterocycles. The summed E-state index contributed by atoms with van der Waals surface area (Å²) in [6, 6.07) is 8.62. The number of carbonyl (C=O) groups excluding carboxylic acids is 1. The molecule has 112 valence electrons. The van der Waals surface area contributed by atoms with Crippen LogP contribution in [-0.2, 0) is 4.79 Å². The minimum absolute atomic E-state index is 0.0740. The summed E-state index contributed by atoms with van der Waals surface area (Å²) >= 11 is 1.50. The topological polar surface area (TPSA) is 86.9 Å². The molecule has 1 atom stereocenters. The molecule has 0 aliphatic carbocycles. The maximum absolute atomic E-state index is 12.6. The molecule has 1 aliphatic heterocycles. The Morgan fingerprint density at radius 3 is 2.62 bits per heavy atom. The first-order valence-electron chi connectivity index (χ1n) is 6.45. The molecule has 2 rings (SSSR count). The van der Waals surface area contributed by atoms with Crippen LogP contribution in [0.15, 0.2) is 41.6 Å². The number of benzene rings is 1. The van der Waals surface area contributed by atoms with Crippen LogP contribution in [0.25, 0.3) is 0 Å². The zero-order valence-corrected chi connectivity index (χ0v) is 12.4. The van der Waals surface area contributed by atoms with Gasteiger partial charge in [-0.1, -0.05) is 18.2 Å². The highest BCUT2D eigenvalue weighted by molar-refractivity contribution is 8.02. The van der Waals surface area contributed by atoms with E-state index in [1.54, 1.807) is 40.6 Å². The number of carbonyl (C=O) groups is 2. The normalized spacial score (nSPS) is 17.5. The van der Waals surface area contributed by atoms with Crippen molar-refractivity contribution in [1.82, 2.24) is 9.80 Å². The number of nitrogens with two attached hydrogens (primary N) is 1. The Hall–Kier alpha value is -1.99. The molecule has 1 aliphatic rings. The molecular weight excluding hydrogens is 290 g/mol. The third kappa shape index (κ3) is 3.37. The van der Waals surface area contributed by atoms with Gasteiger partial charge in [-0.05, 0) is 19.1 Å². The van der Waals surface area contributed by atoms with E-state index in [1.165, 1.54) is 16.7 Å². The van der Waals surface area contributed by atoms with Gasteiger partial charge in [-0.25, -0.2) is 0 Å². The Labute approximate surface area is 127 Å². The van der Waals surface area contributed by atoms with Gasteiger partial charge in [0.1, 0.15) is 12.4 Å². The summed E-state index contributed by atoms with van der Waals surface area (Å²) in [6.07, 6.45) is 0. The van der Waals surface area contributed by atoms with Gasteiger partial charge < -0.3 is 15.7 Å². The van der Waals surface area contributed by atoms with Gasteiger partial charge in [-0.2, -0.15) is 0 Å². The number of carboxylic acid groups (broad SMARTS) is 1. The van der Waals surface area contributed by atoms with Gasteiger partial charge in [0.2, 0.25) is 0 Å². The van der Waals surface area contributed by atoms with Gasteiger partial charge in [-0.15, -0.1) is 11.8 Å². The van der Waals surface area contributed by atoms with E-state index >= 15 is 0 Å². The summed E-state index contributed by atoms with van der Waals surface area (Å²) in [5.41, 5.74) is 6.15. The molecule has 1 unspecified atom stereocenters. The number of amides is 1. The molecule has 1 aromatic carbocycles. The van der Waals surface area contributed by atoms with Crippen LogP contribution in [0.4, 0.5) is 0 Å². The molecule has 0 radical (unpaired) electrons. The van der Waals surface area contributed by atoms with Crippen molar-refractivity contribution in [3.8, 4) is 0 Å². The lowest BCUT2D eigenvalue weighted by atomic mass is 10.2. The molecule has 0 fully saturated rings. The van der Waals surface area contributed by atoms with E-state index in [1.807, 2.05) is 6.92 Å². The van der Waals surface area contributed by atoms with Gasteiger partial charge in [-0.3, -0.25) is 14.5 Å². The van der Waals surface area contributed by atoms with E-state index in [0.717, 1.165) is 0 Å². The molecule has 3 N–H and O–H groups in total. The first-order chi connectivity index (χ1) is 10.0. The second-order valence-electron chi connectivity index (χ2n) is 4.51. The smallest absolute Gasteiger partial charge is 0.323 e. The Bertz CT molecular complexity index is 562. The molecule has 0 saturated heterocycles. The van der Waals surface area contributed by atoms with E-state index in [4.69, 9.17) is 10.8 Å². The fourth-order valence-corrected chi connectivity index (χ4v) is 3.00. The number of thioether (sulfide) groups is 1. The minimum atomic E-state index is -1.07. The van der Waals surface area contributed by atoms with Gasteiger partial charge in [0.05, 0.1) is 12.0 Å². The molecule has 0 saturated carbocycles. The largest absolute Gasteiger partial charge is 0.480 e. The fourth-order valence-electron chi connectivity index (χ4n) is 2.08. The first kappa shape index (κ1) is 15.4. The zero-order valence-electron chi connectivity index (χ0n) is 11.6. The van der Waals surface area contributed by atoms with Crippen LogP contribution in [0.2, 0.25) is 0 Å². The molecule has 0 aromatic heterocycles. The summed E-state index contributed by atoms with van der Waals surface area (Å²) in [7, 11) is 0. The quantitative estimate of drug-likeness (QED) is 0.853. The van der Waals surface area contributed by atoms with Crippen molar-refractivity contribution >= 4 is 23.6 Å². The maximum atomic E-state index is 12.6. The molecular formula is C14H17N3O3S. The number of hydrogen-bond acceptors (Lipinski definition) is 5. The number of hydrogen-bond donors (Lipinski definition) is 2. The summed E-state index contributed by atoms with van der Waals surface area (Å²) in [5, 5.41) is 10.9. The van der Waals surface area contributed by atoms with Gasteiger partial charge in [0.15, 0.2) is 0 Å². The summed E-state index contributed by atoms with van der Waals surface area (Å²) in [4.78, 5) is 26.7. The lowest BCUT2D eigenvalue weighted by molar-refractivity contribution is -0.137. The summed E-state index contributed by atoms with van der Waals surface area (Å²) in [6.45, 7) is 1.77. The lowest BCUT2D eigenvalue weighted by Gasteiger charge is -2.31. The van der Waals surface area contributed by atoms with Crippen LogP contribution in [0.3, 0.4) is 0 Å². The predicted octanol–water partition coefficient (Wildman–Crippen LogP) is 1.32. The third-order valence-electron chi connectivity index (χ3n) is 3.14. The SMILES string of the molecule is CC1SC=C(N(CC(=O)O)C(=O)c2ccccc2)N1CN. The van der Waals surface area contributed by atoms with E-state index in [0.29, 0.717) is 11.4 Å². The molecule has 21 heavy (non-hydrogen) atoms. The van der Waals surface area contributed by atoms with Gasteiger partial charge in [0, 0.05) is 11.0 Å². The Morgan fingerprint density at radius 1 is 1.38 bits per heavy atom. The van der Waals surface area contributed by atoms with Gasteiger partial charge >= 0.3 is 5.97 Å². The average molecular weight is 307 g/mol. The summed E-state index contributed by atoms with van der Waals surface area (Å²) < 4.78 is 0. The van der Waals surface area contributed by atoms with Crippen LogP contribution >= 0.6 is 11.8 Å². The van der Waals surface area contributed by atoms with Crippen molar-refractivity contribution in [2.45, 2.75) is 12.3 Å². The lowest BCUT2D eigenvalue weighted by Crippen LogP contribution is -2.44. The number of aliphatic carboxylic acids is 1. The van der Waals surface area contributed by atoms with Crippen molar-refractivity contribution < 1.29 is 14.7 Å². The van der Waals surface area contributed by atoms with E-state index in [2.05, 4.69) is 0 Å². The van der Waals surface area contributed by atoms with E-state index < -0.39 is 12.5 Å². The van der Waals surface area contributed by atoms with Crippen LogP contribution in [0.1, 0.15) is 17.3 Å². The molecule has 1 aromatic rings. The molecule has 7 heteroatoms. The molecule has 0 bridgehead atoms. The molecule has 0 spiro atoms. The maximum Gasteiger partial charge on any atom is 0.323 e. The van der Waals surface area contributed by atoms with E-state index in [-0.39, 0.29) is 17.9 Å². The van der Waals surface area contributed by atoms with Crippen LogP contribution < -0.4 is 5.73 Å². The zero-order chi connectivity index (χ0) is 15.4. The molecule has 6 nitrogen and oxygen atoms in total. The standard InChI is InChI=1S/C14H17N3O3S/c1-10-17(9-15)12(8-21-10)16(7-13(18)19)14(20)11-5-3-2-4-6-11/h2-6,8,10H,7,9,15H2,1H3,(H,18,19). The highest BCUT2D eigenvalue weighted by atomic mass is 32.2. The van der Waals surface area contributed by atoms with Crippen LogP contribution in [0, 0.1) is 0 Å². The third-order valence-corrected chi connectivity index (χ3v) is 4.13. The number of carboxylic acids is 1. The second kappa shape index (κ2) is 6.64. The minimum Gasteiger partial charge on any atom is -0.480 e. The Balaban J connectivity index is 2.31. The number of nitrogens with zero attached hydrogens (tertiary/aromatic N) is 2. The van der Waals surface area contributed by atoms with Crippen molar-refractivity contribution in [2.24, 2.45) is 5.73 Å². The van der Waals surface area contributed by atoms with E-state index in [9.17, 15) is 9.59 Å². The van der Waals surface area contributed by atoms with Crippen molar-refractivity contribution in [3.63, 3.8) is 0 Å². The first-order valence-corrected chi connectivity index (χ1v) is 7.40. The highest BCUT2D eigenvalue weighted by Crippen LogP contribution is 2.32. The number of rotatable bonds is 5. The second-order valence-corrected chi connectivity index (χ2v) is 5.70. The van der Waals surface area contributed by atoms with Crippen molar-refractivity contribution in [2.75, 3.05) is 13.2 Å². The molecule has 1 amide bonds. The predicted molar refractivity (Wildman–Crippen MR) is 81.1 cm³/mol. The fraction of sp³-hybridized carbons (Fsp3) is 0.286.